The van der Waals surface area contributed by atoms with Crippen molar-refractivity contribution < 1.29 is 0 Å². The molecule has 1 saturated heterocycles. The molecule has 118 valence electrons. The Morgan fingerprint density at radius 2 is 2.05 bits per heavy atom. The summed E-state index contributed by atoms with van der Waals surface area (Å²) in [5.74, 6) is 0.788. The Balaban J connectivity index is 1.85. The number of likely N-dealkylation sites (tertiary alicyclic amines) is 1. The second kappa shape index (κ2) is 8.52. The van der Waals surface area contributed by atoms with Crippen LogP contribution in [0, 0.1) is 5.92 Å². The number of nitrogens with two attached hydrogens (primary N) is 1. The highest BCUT2D eigenvalue weighted by molar-refractivity contribution is 5.14. The van der Waals surface area contributed by atoms with E-state index in [1.54, 1.807) is 0 Å². The van der Waals surface area contributed by atoms with Gasteiger partial charge in [0.25, 0.3) is 0 Å². The fourth-order valence-electron chi connectivity index (χ4n) is 3.34. The molecule has 1 atom stereocenters. The smallest absolute Gasteiger partial charge is 0.0233 e. The molecule has 0 aromatic heterocycles. The quantitative estimate of drug-likeness (QED) is 0.837. The van der Waals surface area contributed by atoms with E-state index in [9.17, 15) is 0 Å². The molecular weight excluding hydrogens is 258 g/mol. The van der Waals surface area contributed by atoms with Gasteiger partial charge in [0.05, 0.1) is 0 Å². The molecule has 1 heterocycles. The van der Waals surface area contributed by atoms with E-state index in [1.807, 2.05) is 0 Å². The standard InChI is InChI=1S/C18H31N3/c1-16(2)21(12-10-19)15-18-9-6-11-20(14-18)13-17-7-4-3-5-8-17/h3-5,7-8,16,18H,6,9-15,19H2,1-2H3/t18-/m0/s1. The lowest BCUT2D eigenvalue weighted by Gasteiger charge is -2.37. The Hall–Kier alpha value is -0.900. The molecule has 1 aromatic carbocycles. The zero-order valence-corrected chi connectivity index (χ0v) is 13.7. The minimum absolute atomic E-state index is 0.595. The van der Waals surface area contributed by atoms with Crippen LogP contribution in [0.25, 0.3) is 0 Å². The van der Waals surface area contributed by atoms with Gasteiger partial charge in [-0.3, -0.25) is 9.80 Å². The van der Waals surface area contributed by atoms with Crippen molar-refractivity contribution >= 4 is 0 Å². The molecule has 0 unspecified atom stereocenters. The van der Waals surface area contributed by atoms with Crippen LogP contribution in [0.1, 0.15) is 32.3 Å². The van der Waals surface area contributed by atoms with Crippen molar-refractivity contribution in [2.24, 2.45) is 11.7 Å². The molecule has 3 nitrogen and oxygen atoms in total. The van der Waals surface area contributed by atoms with Gasteiger partial charge >= 0.3 is 0 Å². The van der Waals surface area contributed by atoms with Crippen LogP contribution in [-0.2, 0) is 6.54 Å². The second-order valence-electron chi connectivity index (χ2n) is 6.61. The lowest BCUT2D eigenvalue weighted by Crippen LogP contribution is -2.44. The number of rotatable bonds is 7. The zero-order valence-electron chi connectivity index (χ0n) is 13.7. The highest BCUT2D eigenvalue weighted by Gasteiger charge is 2.22. The van der Waals surface area contributed by atoms with Gasteiger partial charge in [-0.15, -0.1) is 0 Å². The molecule has 3 heteroatoms. The minimum Gasteiger partial charge on any atom is -0.329 e. The van der Waals surface area contributed by atoms with Crippen LogP contribution in [-0.4, -0.2) is 48.6 Å². The van der Waals surface area contributed by atoms with Gasteiger partial charge in [0.2, 0.25) is 0 Å². The van der Waals surface area contributed by atoms with Crippen molar-refractivity contribution in [3.05, 3.63) is 35.9 Å². The SMILES string of the molecule is CC(C)N(CCN)C[C@H]1CCCN(Cc2ccccc2)C1. The fourth-order valence-corrected chi connectivity index (χ4v) is 3.34. The monoisotopic (exact) mass is 289 g/mol. The maximum atomic E-state index is 5.75. The van der Waals surface area contributed by atoms with Gasteiger partial charge in [0, 0.05) is 38.8 Å². The summed E-state index contributed by atoms with van der Waals surface area (Å²) in [7, 11) is 0. The molecule has 0 spiro atoms. The van der Waals surface area contributed by atoms with E-state index < -0.39 is 0 Å². The highest BCUT2D eigenvalue weighted by Crippen LogP contribution is 2.20. The number of piperidine rings is 1. The summed E-state index contributed by atoms with van der Waals surface area (Å²) >= 11 is 0. The average molecular weight is 289 g/mol. The first-order chi connectivity index (χ1) is 10.2. The van der Waals surface area contributed by atoms with E-state index in [-0.39, 0.29) is 0 Å². The zero-order chi connectivity index (χ0) is 15.1. The second-order valence-corrected chi connectivity index (χ2v) is 6.61. The molecule has 1 aliphatic rings. The predicted octanol–water partition coefficient (Wildman–Crippen LogP) is 2.57. The van der Waals surface area contributed by atoms with Gasteiger partial charge in [0.15, 0.2) is 0 Å². The Morgan fingerprint density at radius 1 is 1.29 bits per heavy atom. The first-order valence-electron chi connectivity index (χ1n) is 8.39. The third kappa shape index (κ3) is 5.42. The minimum atomic E-state index is 0.595. The van der Waals surface area contributed by atoms with Crippen molar-refractivity contribution in [2.75, 3.05) is 32.7 Å². The highest BCUT2D eigenvalue weighted by atomic mass is 15.2. The van der Waals surface area contributed by atoms with Crippen molar-refractivity contribution in [2.45, 2.75) is 39.3 Å². The molecule has 21 heavy (non-hydrogen) atoms. The Kier molecular flexibility index (Phi) is 6.68. The third-order valence-electron chi connectivity index (χ3n) is 4.49. The molecule has 1 aliphatic heterocycles. The maximum absolute atomic E-state index is 5.75. The van der Waals surface area contributed by atoms with Crippen LogP contribution in [0.2, 0.25) is 0 Å². The molecule has 2 N–H and O–H groups in total. The van der Waals surface area contributed by atoms with Gasteiger partial charge in [-0.2, -0.15) is 0 Å². The molecule has 1 aromatic rings. The van der Waals surface area contributed by atoms with Crippen LogP contribution in [0.3, 0.4) is 0 Å². The molecule has 0 amide bonds. The first kappa shape index (κ1) is 16.5. The number of nitrogens with zero attached hydrogens (tertiary/aromatic N) is 2. The number of hydrogen-bond acceptors (Lipinski definition) is 3. The van der Waals surface area contributed by atoms with E-state index in [0.29, 0.717) is 6.04 Å². The maximum Gasteiger partial charge on any atom is 0.0233 e. The Bertz CT molecular complexity index is 391. The van der Waals surface area contributed by atoms with E-state index in [1.165, 1.54) is 38.0 Å². The molecule has 0 aliphatic carbocycles. The topological polar surface area (TPSA) is 32.5 Å². The van der Waals surface area contributed by atoms with Crippen LogP contribution in [0.15, 0.2) is 30.3 Å². The normalized spacial score (nSPS) is 20.3. The lowest BCUT2D eigenvalue weighted by atomic mass is 9.96. The van der Waals surface area contributed by atoms with Gasteiger partial charge in [-0.05, 0) is 44.7 Å². The van der Waals surface area contributed by atoms with E-state index >= 15 is 0 Å². The van der Waals surface area contributed by atoms with E-state index in [0.717, 1.165) is 25.6 Å². The summed E-state index contributed by atoms with van der Waals surface area (Å²) in [6.07, 6.45) is 2.69. The average Bonchev–Trinajstić information content (AvgIpc) is 2.48. The summed E-state index contributed by atoms with van der Waals surface area (Å²) in [6, 6.07) is 11.4. The predicted molar refractivity (Wildman–Crippen MR) is 90.2 cm³/mol. The van der Waals surface area contributed by atoms with Gasteiger partial charge in [-0.25, -0.2) is 0 Å². The van der Waals surface area contributed by atoms with Crippen LogP contribution < -0.4 is 5.73 Å². The molecule has 0 bridgehead atoms. The van der Waals surface area contributed by atoms with Crippen LogP contribution >= 0.6 is 0 Å². The first-order valence-corrected chi connectivity index (χ1v) is 8.39. The van der Waals surface area contributed by atoms with Gasteiger partial charge in [-0.1, -0.05) is 30.3 Å². The lowest BCUT2D eigenvalue weighted by molar-refractivity contribution is 0.115. The summed E-state index contributed by atoms with van der Waals surface area (Å²) in [5, 5.41) is 0. The molecule has 2 rings (SSSR count). The summed E-state index contributed by atoms with van der Waals surface area (Å²) in [5.41, 5.74) is 7.18. The molecule has 0 saturated carbocycles. The molecule has 0 radical (unpaired) electrons. The van der Waals surface area contributed by atoms with Crippen molar-refractivity contribution in [3.63, 3.8) is 0 Å². The van der Waals surface area contributed by atoms with Gasteiger partial charge in [0.1, 0.15) is 0 Å². The molecular formula is C18H31N3. The number of hydrogen-bond donors (Lipinski definition) is 1. The van der Waals surface area contributed by atoms with E-state index in [2.05, 4.69) is 54.0 Å². The Morgan fingerprint density at radius 3 is 2.71 bits per heavy atom. The van der Waals surface area contributed by atoms with Gasteiger partial charge < -0.3 is 5.73 Å². The molecule has 1 fully saturated rings. The fraction of sp³-hybridized carbons (Fsp3) is 0.667. The van der Waals surface area contributed by atoms with Crippen molar-refractivity contribution in [1.82, 2.24) is 9.80 Å². The van der Waals surface area contributed by atoms with Crippen LogP contribution in [0.5, 0.6) is 0 Å². The summed E-state index contributed by atoms with van der Waals surface area (Å²) in [6.45, 7) is 11.1. The van der Waals surface area contributed by atoms with E-state index in [4.69, 9.17) is 5.73 Å². The van der Waals surface area contributed by atoms with Crippen LogP contribution in [0.4, 0.5) is 0 Å². The summed E-state index contributed by atoms with van der Waals surface area (Å²) < 4.78 is 0. The van der Waals surface area contributed by atoms with Crippen molar-refractivity contribution in [1.29, 1.82) is 0 Å². The third-order valence-corrected chi connectivity index (χ3v) is 4.49. The largest absolute Gasteiger partial charge is 0.329 e. The van der Waals surface area contributed by atoms with Crippen molar-refractivity contribution in [3.8, 4) is 0 Å². The number of benzene rings is 1. The summed E-state index contributed by atoms with van der Waals surface area (Å²) in [4.78, 5) is 5.15. The Labute approximate surface area is 130 Å².